The maximum Gasteiger partial charge on any atom is 0.0202 e. The van der Waals surface area contributed by atoms with E-state index in [1.54, 1.807) is 5.54 Å². The largest absolute Gasteiger partial charge is 0.313 e. The van der Waals surface area contributed by atoms with Gasteiger partial charge in [0.1, 0.15) is 0 Å². The molecular formula is C13H25ClN2. The smallest absolute Gasteiger partial charge is 0.0202 e. The SMILES string of the molecule is CC(=CCl)CN1CCCNC(CC(C)C)C1. The van der Waals surface area contributed by atoms with Crippen molar-refractivity contribution >= 4 is 11.6 Å². The summed E-state index contributed by atoms with van der Waals surface area (Å²) in [6.45, 7) is 11.2. The summed E-state index contributed by atoms with van der Waals surface area (Å²) in [7, 11) is 0. The Morgan fingerprint density at radius 1 is 1.56 bits per heavy atom. The molecule has 94 valence electrons. The second kappa shape index (κ2) is 7.31. The van der Waals surface area contributed by atoms with Crippen LogP contribution < -0.4 is 5.32 Å². The number of nitrogens with zero attached hydrogens (tertiary/aromatic N) is 1. The number of rotatable bonds is 4. The highest BCUT2D eigenvalue weighted by Gasteiger charge is 2.18. The van der Waals surface area contributed by atoms with Crippen molar-refractivity contribution in [1.29, 1.82) is 0 Å². The van der Waals surface area contributed by atoms with Gasteiger partial charge in [-0.25, -0.2) is 0 Å². The molecule has 1 fully saturated rings. The average Bonchev–Trinajstić information content (AvgIpc) is 2.42. The molecule has 1 saturated heterocycles. The summed E-state index contributed by atoms with van der Waals surface area (Å²) in [5, 5.41) is 3.64. The molecule has 3 heteroatoms. The Bertz CT molecular complexity index is 226. The third kappa shape index (κ3) is 5.33. The highest BCUT2D eigenvalue weighted by atomic mass is 35.5. The van der Waals surface area contributed by atoms with E-state index in [0.29, 0.717) is 6.04 Å². The van der Waals surface area contributed by atoms with Crippen LogP contribution in [0.5, 0.6) is 0 Å². The van der Waals surface area contributed by atoms with Gasteiger partial charge in [0.25, 0.3) is 0 Å². The Labute approximate surface area is 105 Å². The van der Waals surface area contributed by atoms with Gasteiger partial charge in [0.05, 0.1) is 0 Å². The van der Waals surface area contributed by atoms with Gasteiger partial charge in [0.2, 0.25) is 0 Å². The zero-order valence-corrected chi connectivity index (χ0v) is 11.6. The second-order valence-corrected chi connectivity index (χ2v) is 5.54. The predicted octanol–water partition coefficient (Wildman–Crippen LogP) is 2.84. The molecular weight excluding hydrogens is 220 g/mol. The van der Waals surface area contributed by atoms with E-state index in [0.717, 1.165) is 25.6 Å². The van der Waals surface area contributed by atoms with Gasteiger partial charge in [0, 0.05) is 24.7 Å². The van der Waals surface area contributed by atoms with Gasteiger partial charge in [-0.3, -0.25) is 4.90 Å². The molecule has 1 unspecified atom stereocenters. The Morgan fingerprint density at radius 3 is 2.94 bits per heavy atom. The third-order valence-electron chi connectivity index (χ3n) is 2.98. The lowest BCUT2D eigenvalue weighted by Gasteiger charge is -2.25. The van der Waals surface area contributed by atoms with Gasteiger partial charge >= 0.3 is 0 Å². The molecule has 0 spiro atoms. The van der Waals surface area contributed by atoms with E-state index in [1.807, 2.05) is 0 Å². The summed E-state index contributed by atoms with van der Waals surface area (Å²) in [5.74, 6) is 0.766. The van der Waals surface area contributed by atoms with Crippen LogP contribution in [0.2, 0.25) is 0 Å². The van der Waals surface area contributed by atoms with Crippen molar-refractivity contribution in [3.63, 3.8) is 0 Å². The predicted molar refractivity (Wildman–Crippen MR) is 71.9 cm³/mol. The normalized spacial score (nSPS) is 24.8. The van der Waals surface area contributed by atoms with Crippen molar-refractivity contribution in [2.75, 3.05) is 26.2 Å². The summed E-state index contributed by atoms with van der Waals surface area (Å²) in [6.07, 6.45) is 2.50. The van der Waals surface area contributed by atoms with Crippen LogP contribution in [0.1, 0.15) is 33.6 Å². The molecule has 0 aliphatic carbocycles. The number of hydrogen-bond acceptors (Lipinski definition) is 2. The standard InChI is InChI=1S/C13H25ClN2/c1-11(2)7-13-10-16(6-4-5-15-13)9-12(3)8-14/h8,11,13,15H,4-7,9-10H2,1-3H3. The Hall–Kier alpha value is -0.0500. The molecule has 1 rings (SSSR count). The lowest BCUT2D eigenvalue weighted by molar-refractivity contribution is 0.273. The Kier molecular flexibility index (Phi) is 6.40. The molecule has 1 aliphatic rings. The van der Waals surface area contributed by atoms with Crippen molar-refractivity contribution in [3.05, 3.63) is 11.1 Å². The Balaban J connectivity index is 2.45. The summed E-state index contributed by atoms with van der Waals surface area (Å²) in [5.41, 5.74) is 2.96. The van der Waals surface area contributed by atoms with Gasteiger partial charge in [-0.2, -0.15) is 0 Å². The molecule has 0 aromatic rings. The minimum Gasteiger partial charge on any atom is -0.313 e. The van der Waals surface area contributed by atoms with Crippen LogP contribution >= 0.6 is 11.6 Å². The van der Waals surface area contributed by atoms with Gasteiger partial charge in [-0.15, -0.1) is 0 Å². The Morgan fingerprint density at radius 2 is 2.31 bits per heavy atom. The molecule has 1 N–H and O–H groups in total. The maximum atomic E-state index is 5.73. The van der Waals surface area contributed by atoms with Crippen molar-refractivity contribution in [3.8, 4) is 0 Å². The minimum atomic E-state index is 0.644. The molecule has 0 aromatic heterocycles. The van der Waals surface area contributed by atoms with E-state index in [2.05, 4.69) is 31.0 Å². The first-order chi connectivity index (χ1) is 7.61. The van der Waals surface area contributed by atoms with E-state index < -0.39 is 0 Å². The minimum absolute atomic E-state index is 0.644. The highest BCUT2D eigenvalue weighted by Crippen LogP contribution is 2.11. The third-order valence-corrected chi connectivity index (χ3v) is 3.35. The van der Waals surface area contributed by atoms with Crippen LogP contribution in [-0.4, -0.2) is 37.1 Å². The number of halogens is 1. The van der Waals surface area contributed by atoms with E-state index in [4.69, 9.17) is 11.6 Å². The summed E-state index contributed by atoms with van der Waals surface area (Å²) in [6, 6.07) is 0.644. The van der Waals surface area contributed by atoms with Crippen molar-refractivity contribution in [1.82, 2.24) is 10.2 Å². The molecule has 0 aromatic carbocycles. The topological polar surface area (TPSA) is 15.3 Å². The summed E-state index contributed by atoms with van der Waals surface area (Å²) < 4.78 is 0. The summed E-state index contributed by atoms with van der Waals surface area (Å²) in [4.78, 5) is 2.52. The van der Waals surface area contributed by atoms with Crippen LogP contribution in [0.25, 0.3) is 0 Å². The first kappa shape index (κ1) is 14.0. The van der Waals surface area contributed by atoms with E-state index in [9.17, 15) is 0 Å². The maximum absolute atomic E-state index is 5.73. The molecule has 16 heavy (non-hydrogen) atoms. The zero-order valence-electron chi connectivity index (χ0n) is 10.8. The zero-order chi connectivity index (χ0) is 12.0. The first-order valence-corrected chi connectivity index (χ1v) is 6.77. The van der Waals surface area contributed by atoms with E-state index in [1.165, 1.54) is 25.0 Å². The molecule has 1 atom stereocenters. The fourth-order valence-electron chi connectivity index (χ4n) is 2.33. The lowest BCUT2D eigenvalue weighted by atomic mass is 10.0. The van der Waals surface area contributed by atoms with Crippen molar-refractivity contribution < 1.29 is 0 Å². The second-order valence-electron chi connectivity index (χ2n) is 5.32. The van der Waals surface area contributed by atoms with E-state index in [-0.39, 0.29) is 0 Å². The quantitative estimate of drug-likeness (QED) is 0.818. The number of hydrogen-bond donors (Lipinski definition) is 1. The van der Waals surface area contributed by atoms with Crippen LogP contribution in [0.15, 0.2) is 11.1 Å². The molecule has 0 bridgehead atoms. The van der Waals surface area contributed by atoms with Gasteiger partial charge < -0.3 is 5.32 Å². The summed E-state index contributed by atoms with van der Waals surface area (Å²) >= 11 is 5.73. The van der Waals surface area contributed by atoms with Crippen LogP contribution in [0.4, 0.5) is 0 Å². The molecule has 0 saturated carbocycles. The monoisotopic (exact) mass is 244 g/mol. The van der Waals surface area contributed by atoms with Crippen molar-refractivity contribution in [2.24, 2.45) is 5.92 Å². The van der Waals surface area contributed by atoms with Crippen LogP contribution in [-0.2, 0) is 0 Å². The molecule has 1 heterocycles. The number of nitrogens with one attached hydrogen (secondary N) is 1. The fraction of sp³-hybridized carbons (Fsp3) is 0.846. The average molecular weight is 245 g/mol. The molecule has 0 radical (unpaired) electrons. The lowest BCUT2D eigenvalue weighted by Crippen LogP contribution is -2.39. The first-order valence-electron chi connectivity index (χ1n) is 6.33. The van der Waals surface area contributed by atoms with E-state index >= 15 is 0 Å². The van der Waals surface area contributed by atoms with Crippen molar-refractivity contribution in [2.45, 2.75) is 39.7 Å². The molecule has 0 amide bonds. The van der Waals surface area contributed by atoms with Crippen LogP contribution in [0, 0.1) is 5.92 Å². The van der Waals surface area contributed by atoms with Gasteiger partial charge in [-0.1, -0.05) is 25.4 Å². The highest BCUT2D eigenvalue weighted by molar-refractivity contribution is 6.25. The van der Waals surface area contributed by atoms with Gasteiger partial charge in [-0.05, 0) is 44.3 Å². The van der Waals surface area contributed by atoms with Crippen LogP contribution in [0.3, 0.4) is 0 Å². The molecule has 1 aliphatic heterocycles. The van der Waals surface area contributed by atoms with Gasteiger partial charge in [0.15, 0.2) is 0 Å². The molecule has 2 nitrogen and oxygen atoms in total. The fourth-order valence-corrected chi connectivity index (χ4v) is 2.40.